The van der Waals surface area contributed by atoms with Gasteiger partial charge in [0.1, 0.15) is 6.04 Å². The summed E-state index contributed by atoms with van der Waals surface area (Å²) in [5.41, 5.74) is 11.3. The number of hydrogen-bond donors (Lipinski definition) is 4. The number of nitrogens with one attached hydrogen (secondary N) is 2. The van der Waals surface area contributed by atoms with Crippen molar-refractivity contribution in [1.82, 2.24) is 10.6 Å². The second kappa shape index (κ2) is 6.49. The lowest BCUT2D eigenvalue weighted by Gasteiger charge is -2.10. The van der Waals surface area contributed by atoms with Crippen molar-refractivity contribution in [3.63, 3.8) is 0 Å². The second-order valence-electron chi connectivity index (χ2n) is 3.56. The summed E-state index contributed by atoms with van der Waals surface area (Å²) >= 11 is 0. The normalized spacial score (nSPS) is 11.6. The number of carbonyl (C=O) groups is 2. The molecule has 0 aliphatic rings. The summed E-state index contributed by atoms with van der Waals surface area (Å²) in [6.45, 7) is 0.439. The number of carbonyl (C=O) groups excluding carboxylic acids is 2. The first kappa shape index (κ1) is 13.0. The zero-order valence-electron chi connectivity index (χ0n) is 9.35. The van der Waals surface area contributed by atoms with E-state index in [0.29, 0.717) is 6.54 Å². The summed E-state index contributed by atoms with van der Waals surface area (Å²) in [5.74, 6) is -0.645. The lowest BCUT2D eigenvalue weighted by molar-refractivity contribution is -0.119. The van der Waals surface area contributed by atoms with Gasteiger partial charge >= 0.3 is 6.03 Å². The van der Waals surface area contributed by atoms with Gasteiger partial charge in [-0.3, -0.25) is 4.79 Å². The molecule has 17 heavy (non-hydrogen) atoms. The van der Waals surface area contributed by atoms with Crippen LogP contribution in [0.2, 0.25) is 0 Å². The van der Waals surface area contributed by atoms with Crippen LogP contribution in [-0.4, -0.2) is 24.5 Å². The number of urea groups is 1. The number of primary amides is 1. The predicted molar refractivity (Wildman–Crippen MR) is 63.9 cm³/mol. The molecule has 0 aliphatic carbocycles. The molecular weight excluding hydrogens is 220 g/mol. The number of rotatable bonds is 5. The average Bonchev–Trinajstić information content (AvgIpc) is 2.34. The van der Waals surface area contributed by atoms with Gasteiger partial charge in [0, 0.05) is 13.1 Å². The Morgan fingerprint density at radius 2 is 1.82 bits per heavy atom. The van der Waals surface area contributed by atoms with E-state index in [-0.39, 0.29) is 12.6 Å². The van der Waals surface area contributed by atoms with Gasteiger partial charge in [-0.1, -0.05) is 30.3 Å². The zero-order valence-corrected chi connectivity index (χ0v) is 9.35. The molecule has 0 spiro atoms. The molecule has 0 fully saturated rings. The minimum Gasteiger partial charge on any atom is -0.368 e. The SMILES string of the molecule is NC(=O)[C@@H](N)CNC(=O)NCc1ccccc1. The molecule has 0 saturated carbocycles. The van der Waals surface area contributed by atoms with Gasteiger partial charge in [0.15, 0.2) is 0 Å². The first-order valence-corrected chi connectivity index (χ1v) is 5.20. The molecule has 1 aromatic rings. The summed E-state index contributed by atoms with van der Waals surface area (Å²) in [6, 6.07) is 8.22. The topological polar surface area (TPSA) is 110 Å². The molecule has 3 amide bonds. The number of benzene rings is 1. The van der Waals surface area contributed by atoms with E-state index in [0.717, 1.165) is 5.56 Å². The van der Waals surface area contributed by atoms with E-state index in [4.69, 9.17) is 11.5 Å². The van der Waals surface area contributed by atoms with E-state index in [1.165, 1.54) is 0 Å². The van der Waals surface area contributed by atoms with E-state index in [2.05, 4.69) is 10.6 Å². The molecule has 0 unspecified atom stereocenters. The van der Waals surface area contributed by atoms with Crippen LogP contribution in [0.15, 0.2) is 30.3 Å². The van der Waals surface area contributed by atoms with Crippen LogP contribution in [0.4, 0.5) is 4.79 Å². The monoisotopic (exact) mass is 236 g/mol. The predicted octanol–water partition coefficient (Wildman–Crippen LogP) is -0.702. The van der Waals surface area contributed by atoms with Crippen molar-refractivity contribution in [3.8, 4) is 0 Å². The van der Waals surface area contributed by atoms with Crippen molar-refractivity contribution >= 4 is 11.9 Å². The highest BCUT2D eigenvalue weighted by Crippen LogP contribution is 1.96. The van der Waals surface area contributed by atoms with Gasteiger partial charge in [0.05, 0.1) is 0 Å². The van der Waals surface area contributed by atoms with Crippen LogP contribution < -0.4 is 22.1 Å². The Bertz CT molecular complexity index is 380. The lowest BCUT2D eigenvalue weighted by atomic mass is 10.2. The molecule has 1 rings (SSSR count). The summed E-state index contributed by atoms with van der Waals surface area (Å²) in [6.07, 6.45) is 0. The molecule has 6 heteroatoms. The summed E-state index contributed by atoms with van der Waals surface area (Å²) < 4.78 is 0. The molecule has 1 atom stereocenters. The quantitative estimate of drug-likeness (QED) is 0.542. The first-order chi connectivity index (χ1) is 8.09. The summed E-state index contributed by atoms with van der Waals surface area (Å²) in [5, 5.41) is 5.09. The third kappa shape index (κ3) is 4.98. The van der Waals surface area contributed by atoms with Crippen molar-refractivity contribution in [2.45, 2.75) is 12.6 Å². The fourth-order valence-corrected chi connectivity index (χ4v) is 1.14. The fraction of sp³-hybridized carbons (Fsp3) is 0.273. The smallest absolute Gasteiger partial charge is 0.315 e. The number of hydrogen-bond acceptors (Lipinski definition) is 3. The highest BCUT2D eigenvalue weighted by molar-refractivity contribution is 5.81. The van der Waals surface area contributed by atoms with Crippen LogP contribution in [-0.2, 0) is 11.3 Å². The molecule has 0 aliphatic heterocycles. The van der Waals surface area contributed by atoms with Gasteiger partial charge in [-0.05, 0) is 5.56 Å². The van der Waals surface area contributed by atoms with Crippen molar-refractivity contribution < 1.29 is 9.59 Å². The van der Waals surface area contributed by atoms with Crippen LogP contribution in [0, 0.1) is 0 Å². The maximum Gasteiger partial charge on any atom is 0.315 e. The Hall–Kier alpha value is -2.08. The van der Waals surface area contributed by atoms with Crippen molar-refractivity contribution in [2.75, 3.05) is 6.54 Å². The molecule has 6 N–H and O–H groups in total. The molecule has 92 valence electrons. The van der Waals surface area contributed by atoms with Gasteiger partial charge in [-0.15, -0.1) is 0 Å². The molecule has 6 nitrogen and oxygen atoms in total. The summed E-state index contributed by atoms with van der Waals surface area (Å²) in [4.78, 5) is 21.9. The van der Waals surface area contributed by atoms with Gasteiger partial charge in [0.25, 0.3) is 0 Å². The van der Waals surface area contributed by atoms with Gasteiger partial charge in [-0.25, -0.2) is 4.79 Å². The minimum absolute atomic E-state index is 0.0238. The molecule has 0 bridgehead atoms. The maximum absolute atomic E-state index is 11.3. The molecule has 0 saturated heterocycles. The van der Waals surface area contributed by atoms with Crippen molar-refractivity contribution in [3.05, 3.63) is 35.9 Å². The van der Waals surface area contributed by atoms with E-state index < -0.39 is 11.9 Å². The van der Waals surface area contributed by atoms with E-state index in [1.54, 1.807) is 0 Å². The second-order valence-corrected chi connectivity index (χ2v) is 3.56. The van der Waals surface area contributed by atoms with Gasteiger partial charge in [0.2, 0.25) is 5.91 Å². The van der Waals surface area contributed by atoms with Crippen LogP contribution in [0.1, 0.15) is 5.56 Å². The highest BCUT2D eigenvalue weighted by Gasteiger charge is 2.10. The lowest BCUT2D eigenvalue weighted by Crippen LogP contribution is -2.48. The number of amides is 3. The van der Waals surface area contributed by atoms with Crippen LogP contribution >= 0.6 is 0 Å². The van der Waals surface area contributed by atoms with E-state index in [1.807, 2.05) is 30.3 Å². The highest BCUT2D eigenvalue weighted by atomic mass is 16.2. The van der Waals surface area contributed by atoms with E-state index >= 15 is 0 Å². The van der Waals surface area contributed by atoms with Crippen LogP contribution in [0.3, 0.4) is 0 Å². The zero-order chi connectivity index (χ0) is 12.7. The van der Waals surface area contributed by atoms with Gasteiger partial charge in [-0.2, -0.15) is 0 Å². The standard InChI is InChI=1S/C11H16N4O2/c12-9(10(13)16)7-15-11(17)14-6-8-4-2-1-3-5-8/h1-5,9H,6-7,12H2,(H2,13,16)(H2,14,15,17)/t9-/m0/s1. The van der Waals surface area contributed by atoms with Crippen molar-refractivity contribution in [1.29, 1.82) is 0 Å². The Kier molecular flexibility index (Phi) is 4.96. The van der Waals surface area contributed by atoms with Crippen LogP contribution in [0.5, 0.6) is 0 Å². The Morgan fingerprint density at radius 1 is 1.18 bits per heavy atom. The van der Waals surface area contributed by atoms with Crippen LogP contribution in [0.25, 0.3) is 0 Å². The van der Waals surface area contributed by atoms with Gasteiger partial charge < -0.3 is 22.1 Å². The minimum atomic E-state index is -0.863. The Labute approximate surface area is 99.4 Å². The number of nitrogens with two attached hydrogens (primary N) is 2. The Balaban J connectivity index is 2.24. The summed E-state index contributed by atoms with van der Waals surface area (Å²) in [7, 11) is 0. The molecule has 1 aromatic carbocycles. The first-order valence-electron chi connectivity index (χ1n) is 5.20. The molecule has 0 heterocycles. The maximum atomic E-state index is 11.3. The third-order valence-corrected chi connectivity index (χ3v) is 2.14. The Morgan fingerprint density at radius 3 is 2.41 bits per heavy atom. The fourth-order valence-electron chi connectivity index (χ4n) is 1.14. The third-order valence-electron chi connectivity index (χ3n) is 2.14. The van der Waals surface area contributed by atoms with E-state index in [9.17, 15) is 9.59 Å². The largest absolute Gasteiger partial charge is 0.368 e. The molecular formula is C11H16N4O2. The van der Waals surface area contributed by atoms with Crippen molar-refractivity contribution in [2.24, 2.45) is 11.5 Å². The molecule has 0 radical (unpaired) electrons. The molecule has 0 aromatic heterocycles. The average molecular weight is 236 g/mol.